The highest BCUT2D eigenvalue weighted by Crippen LogP contribution is 2.34. The molecular formula is C12H19O13S-. The summed E-state index contributed by atoms with van der Waals surface area (Å²) < 4.78 is 57.4. The van der Waals surface area contributed by atoms with E-state index in [9.17, 15) is 38.5 Å². The summed E-state index contributed by atoms with van der Waals surface area (Å²) in [7, 11) is -5.24. The zero-order chi connectivity index (χ0) is 19.2. The van der Waals surface area contributed by atoms with Crippen LogP contribution in [0.15, 0.2) is 0 Å². The highest BCUT2D eigenvalue weighted by molar-refractivity contribution is 7.80. The van der Waals surface area contributed by atoms with Crippen LogP contribution >= 0.6 is 0 Å². The molecule has 0 aliphatic carbocycles. The Morgan fingerprint density at radius 2 is 1.73 bits per heavy atom. The third-order valence-corrected chi connectivity index (χ3v) is 4.88. The van der Waals surface area contributed by atoms with Gasteiger partial charge in [-0.1, -0.05) is 0 Å². The molecule has 4 unspecified atom stereocenters. The number of aliphatic hydroxyl groups is 5. The third-order valence-electron chi connectivity index (χ3n) is 4.43. The van der Waals surface area contributed by atoms with Gasteiger partial charge >= 0.3 is 0 Å². The molecular weight excluding hydrogens is 384 g/mol. The molecule has 0 radical (unpaired) electrons. The second kappa shape index (κ2) is 7.50. The van der Waals surface area contributed by atoms with Crippen LogP contribution in [0.25, 0.3) is 0 Å². The van der Waals surface area contributed by atoms with Crippen LogP contribution in [-0.2, 0) is 33.5 Å². The molecule has 3 heterocycles. The molecule has 0 spiro atoms. The zero-order valence-corrected chi connectivity index (χ0v) is 13.9. The van der Waals surface area contributed by atoms with Crippen molar-refractivity contribution in [3.63, 3.8) is 0 Å². The summed E-state index contributed by atoms with van der Waals surface area (Å²) in [6, 6.07) is 0. The maximum Gasteiger partial charge on any atom is 0.218 e. The molecule has 0 aromatic rings. The number of hydrogen-bond acceptors (Lipinski definition) is 13. The minimum Gasteiger partial charge on any atom is -0.726 e. The SMILES string of the molecule is O=S(=O)([O-])O[C@H]1C(CO)O[C@@H](O[C@H]2C3CO[C@H]2C(O)[C@@H](O)O3)C(O)[C@H]1O. The fourth-order valence-electron chi connectivity index (χ4n) is 3.18. The van der Waals surface area contributed by atoms with E-state index in [1.165, 1.54) is 0 Å². The Balaban J connectivity index is 1.72. The minimum absolute atomic E-state index is 0.0155. The largest absolute Gasteiger partial charge is 0.726 e. The molecule has 3 fully saturated rings. The molecule has 26 heavy (non-hydrogen) atoms. The lowest BCUT2D eigenvalue weighted by Crippen LogP contribution is -2.63. The van der Waals surface area contributed by atoms with Gasteiger partial charge in [0.2, 0.25) is 10.4 Å². The van der Waals surface area contributed by atoms with E-state index >= 15 is 0 Å². The van der Waals surface area contributed by atoms with Gasteiger partial charge in [0.05, 0.1) is 13.2 Å². The second-order valence-corrected chi connectivity index (χ2v) is 7.14. The maximum atomic E-state index is 10.7. The second-order valence-electron chi connectivity index (χ2n) is 6.13. The molecule has 3 saturated heterocycles. The molecule has 0 aromatic heterocycles. The van der Waals surface area contributed by atoms with Crippen LogP contribution in [0.3, 0.4) is 0 Å². The zero-order valence-electron chi connectivity index (χ0n) is 13.1. The quantitative estimate of drug-likeness (QED) is 0.216. The molecule has 5 N–H and O–H groups in total. The predicted molar refractivity (Wildman–Crippen MR) is 73.8 cm³/mol. The standard InChI is InChI=1S/C12H20O13S/c13-1-3-8(25-26(18,19)20)5(14)6(15)12(23-3)24-9-4-2-21-10(9)7(16)11(17)22-4/h3-17H,1-2H2,(H,18,19,20)/p-1/t3?,4?,5-,6?,7?,8+,9+,10+,11+,12+/m1/s1. The first-order valence-electron chi connectivity index (χ1n) is 7.67. The van der Waals surface area contributed by atoms with E-state index in [4.69, 9.17) is 18.9 Å². The van der Waals surface area contributed by atoms with Gasteiger partial charge in [0.25, 0.3) is 0 Å². The topological polar surface area (TPSA) is 204 Å². The summed E-state index contributed by atoms with van der Waals surface area (Å²) in [5.41, 5.74) is 0. The lowest BCUT2D eigenvalue weighted by molar-refractivity contribution is -0.334. The Morgan fingerprint density at radius 1 is 1.04 bits per heavy atom. The van der Waals surface area contributed by atoms with Crippen LogP contribution in [0.4, 0.5) is 0 Å². The molecule has 152 valence electrons. The molecule has 13 nitrogen and oxygen atoms in total. The average Bonchev–Trinajstić information content (AvgIpc) is 2.87. The summed E-state index contributed by atoms with van der Waals surface area (Å²) in [5, 5.41) is 48.8. The van der Waals surface area contributed by atoms with Crippen LogP contribution in [0.5, 0.6) is 0 Å². The third kappa shape index (κ3) is 3.87. The van der Waals surface area contributed by atoms with E-state index in [-0.39, 0.29) is 6.61 Å². The number of aliphatic hydroxyl groups excluding tert-OH is 5. The predicted octanol–water partition coefficient (Wildman–Crippen LogP) is -4.87. The molecule has 10 atom stereocenters. The highest BCUT2D eigenvalue weighted by atomic mass is 32.3. The van der Waals surface area contributed by atoms with Crippen molar-refractivity contribution in [1.29, 1.82) is 0 Å². The summed E-state index contributed by atoms with van der Waals surface area (Å²) in [4.78, 5) is 0. The summed E-state index contributed by atoms with van der Waals surface area (Å²) in [6.45, 7) is -0.867. The summed E-state index contributed by atoms with van der Waals surface area (Å²) in [5.74, 6) is 0. The van der Waals surface area contributed by atoms with Gasteiger partial charge in [-0.3, -0.25) is 4.18 Å². The Hall–Kier alpha value is -0.490. The normalized spacial score (nSPS) is 49.3. The van der Waals surface area contributed by atoms with E-state index in [0.717, 1.165) is 0 Å². The van der Waals surface area contributed by atoms with Crippen molar-refractivity contribution in [3.8, 4) is 0 Å². The van der Waals surface area contributed by atoms with Crippen molar-refractivity contribution in [3.05, 3.63) is 0 Å². The van der Waals surface area contributed by atoms with Crippen molar-refractivity contribution < 1.29 is 61.6 Å². The van der Waals surface area contributed by atoms with E-state index < -0.39 is 78.4 Å². The van der Waals surface area contributed by atoms with Gasteiger partial charge in [0.15, 0.2) is 12.6 Å². The van der Waals surface area contributed by atoms with Crippen molar-refractivity contribution in [2.75, 3.05) is 13.2 Å². The Morgan fingerprint density at radius 3 is 2.35 bits per heavy atom. The Kier molecular flexibility index (Phi) is 5.84. The molecule has 14 heteroatoms. The summed E-state index contributed by atoms with van der Waals surface area (Å²) in [6.07, 6.45) is -14.4. The molecule has 0 aromatic carbocycles. The van der Waals surface area contributed by atoms with Crippen molar-refractivity contribution in [2.45, 2.75) is 61.4 Å². The monoisotopic (exact) mass is 403 g/mol. The molecule has 3 aliphatic heterocycles. The van der Waals surface area contributed by atoms with Gasteiger partial charge in [0.1, 0.15) is 48.8 Å². The molecule has 2 bridgehead atoms. The van der Waals surface area contributed by atoms with Gasteiger partial charge < -0.3 is 49.0 Å². The lowest BCUT2D eigenvalue weighted by Gasteiger charge is -2.44. The van der Waals surface area contributed by atoms with E-state index in [2.05, 4.69) is 4.18 Å². The van der Waals surface area contributed by atoms with Crippen molar-refractivity contribution in [2.24, 2.45) is 0 Å². The van der Waals surface area contributed by atoms with Crippen LogP contribution in [0, 0.1) is 0 Å². The Labute approximate surface area is 147 Å². The highest BCUT2D eigenvalue weighted by Gasteiger charge is 2.54. The molecule has 0 saturated carbocycles. The fraction of sp³-hybridized carbons (Fsp3) is 1.00. The van der Waals surface area contributed by atoms with Crippen LogP contribution in [-0.4, -0.2) is 113 Å². The van der Waals surface area contributed by atoms with E-state index in [1.807, 2.05) is 0 Å². The van der Waals surface area contributed by atoms with E-state index in [0.29, 0.717) is 0 Å². The first kappa shape index (κ1) is 20.2. The van der Waals surface area contributed by atoms with Gasteiger partial charge in [-0.05, 0) is 0 Å². The average molecular weight is 403 g/mol. The smallest absolute Gasteiger partial charge is 0.218 e. The van der Waals surface area contributed by atoms with Crippen molar-refractivity contribution >= 4 is 10.4 Å². The minimum atomic E-state index is -5.24. The number of rotatable bonds is 5. The number of fused-ring (bicyclic) bond motifs is 2. The van der Waals surface area contributed by atoms with Gasteiger partial charge in [-0.15, -0.1) is 0 Å². The van der Waals surface area contributed by atoms with Gasteiger partial charge in [-0.2, -0.15) is 0 Å². The summed E-state index contributed by atoms with van der Waals surface area (Å²) >= 11 is 0. The first-order chi connectivity index (χ1) is 12.1. The van der Waals surface area contributed by atoms with Crippen molar-refractivity contribution in [1.82, 2.24) is 0 Å². The van der Waals surface area contributed by atoms with Crippen LogP contribution in [0.1, 0.15) is 0 Å². The fourth-order valence-corrected chi connectivity index (χ4v) is 3.69. The molecule has 3 rings (SSSR count). The maximum absolute atomic E-state index is 10.7. The molecule has 3 aliphatic rings. The van der Waals surface area contributed by atoms with Gasteiger partial charge in [0, 0.05) is 0 Å². The first-order valence-corrected chi connectivity index (χ1v) is 9.01. The van der Waals surface area contributed by atoms with E-state index in [1.54, 1.807) is 0 Å². The molecule has 0 amide bonds. The van der Waals surface area contributed by atoms with Gasteiger partial charge in [-0.25, -0.2) is 8.42 Å². The van der Waals surface area contributed by atoms with Crippen LogP contribution in [0.2, 0.25) is 0 Å². The Bertz CT molecular complexity index is 596. The number of ether oxygens (including phenoxy) is 4. The number of hydrogen-bond donors (Lipinski definition) is 5. The lowest BCUT2D eigenvalue weighted by atomic mass is 9.98. The van der Waals surface area contributed by atoms with Crippen LogP contribution < -0.4 is 0 Å².